The number of nitro groups is 1. The Labute approximate surface area is 169 Å². The molecule has 0 bridgehead atoms. The number of non-ortho nitro benzene ring substituents is 1. The summed E-state index contributed by atoms with van der Waals surface area (Å²) in [6.07, 6.45) is 1.65. The van der Waals surface area contributed by atoms with Crippen molar-refractivity contribution in [3.63, 3.8) is 0 Å². The second-order valence-electron chi connectivity index (χ2n) is 6.78. The van der Waals surface area contributed by atoms with Gasteiger partial charge in [0.2, 0.25) is 0 Å². The van der Waals surface area contributed by atoms with E-state index >= 15 is 0 Å². The molecule has 5 rings (SSSR count). The van der Waals surface area contributed by atoms with Gasteiger partial charge in [-0.05, 0) is 29.0 Å². The predicted octanol–water partition coefficient (Wildman–Crippen LogP) is 2.77. The van der Waals surface area contributed by atoms with Crippen LogP contribution in [0.2, 0.25) is 0 Å². The van der Waals surface area contributed by atoms with Gasteiger partial charge in [0.05, 0.1) is 17.4 Å². The molecule has 0 saturated heterocycles. The zero-order valence-corrected chi connectivity index (χ0v) is 15.6. The summed E-state index contributed by atoms with van der Waals surface area (Å²) in [5.74, 6) is -0.586. The molecule has 0 fully saturated rings. The number of anilines is 1. The number of nitrogens with one attached hydrogen (secondary N) is 2. The van der Waals surface area contributed by atoms with Crippen molar-refractivity contribution >= 4 is 28.4 Å². The average Bonchev–Trinajstić information content (AvgIpc) is 3.16. The second kappa shape index (κ2) is 6.34. The van der Waals surface area contributed by atoms with E-state index in [4.69, 9.17) is 4.74 Å². The van der Waals surface area contributed by atoms with Crippen molar-refractivity contribution in [1.82, 2.24) is 20.4 Å². The SMILES string of the molecule is COC(=O)C1(c2ccc([N+](=O)[O-])cc2)Nc2ccccc2-c2nnnc3[nH]cc1c23. The lowest BCUT2D eigenvalue weighted by atomic mass is 9.82. The van der Waals surface area contributed by atoms with Gasteiger partial charge in [-0.3, -0.25) is 10.1 Å². The number of hydrogen-bond acceptors (Lipinski definition) is 8. The van der Waals surface area contributed by atoms with E-state index in [9.17, 15) is 14.9 Å². The molecule has 4 aromatic rings. The number of aromatic nitrogens is 4. The normalized spacial score (nSPS) is 17.0. The third-order valence-electron chi connectivity index (χ3n) is 5.30. The van der Waals surface area contributed by atoms with Crippen molar-refractivity contribution in [2.24, 2.45) is 0 Å². The molecule has 0 aliphatic carbocycles. The van der Waals surface area contributed by atoms with Crippen LogP contribution in [0.5, 0.6) is 0 Å². The third kappa shape index (κ3) is 2.30. The number of methoxy groups -OCH3 is 1. The first kappa shape index (κ1) is 17.7. The van der Waals surface area contributed by atoms with Crippen LogP contribution in [0.25, 0.3) is 22.3 Å². The van der Waals surface area contributed by atoms with E-state index in [-0.39, 0.29) is 5.69 Å². The lowest BCUT2D eigenvalue weighted by Gasteiger charge is -2.32. The first-order valence-electron chi connectivity index (χ1n) is 8.98. The number of carbonyl (C=O) groups is 1. The van der Waals surface area contributed by atoms with E-state index < -0.39 is 16.4 Å². The summed E-state index contributed by atoms with van der Waals surface area (Å²) in [5, 5.41) is 27.2. The number of nitrogens with zero attached hydrogens (tertiary/aromatic N) is 4. The molecule has 3 heterocycles. The Morgan fingerprint density at radius 3 is 2.63 bits per heavy atom. The topological polar surface area (TPSA) is 136 Å². The summed E-state index contributed by atoms with van der Waals surface area (Å²) in [4.78, 5) is 27.0. The fraction of sp³-hybridized carbons (Fsp3) is 0.100. The maximum Gasteiger partial charge on any atom is 0.341 e. The maximum absolute atomic E-state index is 13.3. The summed E-state index contributed by atoms with van der Waals surface area (Å²) in [6.45, 7) is 0. The Balaban J connectivity index is 1.89. The van der Waals surface area contributed by atoms with Crippen LogP contribution in [0.15, 0.2) is 54.7 Å². The Morgan fingerprint density at radius 1 is 1.13 bits per heavy atom. The van der Waals surface area contributed by atoms with E-state index in [2.05, 4.69) is 25.7 Å². The Hall–Kier alpha value is -4.34. The van der Waals surface area contributed by atoms with Crippen LogP contribution in [-0.4, -0.2) is 38.4 Å². The Morgan fingerprint density at radius 2 is 1.90 bits per heavy atom. The van der Waals surface area contributed by atoms with Crippen molar-refractivity contribution in [3.8, 4) is 11.3 Å². The highest BCUT2D eigenvalue weighted by Gasteiger charge is 2.48. The van der Waals surface area contributed by atoms with Crippen LogP contribution >= 0.6 is 0 Å². The summed E-state index contributed by atoms with van der Waals surface area (Å²) < 4.78 is 5.21. The standard InChI is InChI=1S/C20H14N6O4/c1-30-19(27)20(11-6-8-12(9-7-11)26(28)29)14-10-21-18-16(14)17(23-25-24-18)13-4-2-3-5-15(13)22-20/h2-10,22H,1H3,(H,21,23,24). The van der Waals surface area contributed by atoms with Gasteiger partial charge in [-0.25, -0.2) is 4.79 Å². The van der Waals surface area contributed by atoms with Crippen molar-refractivity contribution in [2.75, 3.05) is 12.4 Å². The fourth-order valence-electron chi connectivity index (χ4n) is 3.94. The van der Waals surface area contributed by atoms with E-state index in [1.807, 2.05) is 24.3 Å². The van der Waals surface area contributed by atoms with E-state index in [1.165, 1.54) is 31.4 Å². The number of nitro benzene ring substituents is 1. The summed E-state index contributed by atoms with van der Waals surface area (Å²) in [7, 11) is 1.29. The molecule has 148 valence electrons. The van der Waals surface area contributed by atoms with Crippen LogP contribution in [0.1, 0.15) is 11.1 Å². The average molecular weight is 402 g/mol. The molecule has 1 atom stereocenters. The molecule has 10 nitrogen and oxygen atoms in total. The minimum Gasteiger partial charge on any atom is -0.467 e. The van der Waals surface area contributed by atoms with Crippen molar-refractivity contribution in [2.45, 2.75) is 5.54 Å². The minimum atomic E-state index is -1.49. The molecule has 0 amide bonds. The summed E-state index contributed by atoms with van der Waals surface area (Å²) in [5.41, 5.74) is 1.83. The van der Waals surface area contributed by atoms with Crippen LogP contribution in [-0.2, 0) is 15.1 Å². The fourth-order valence-corrected chi connectivity index (χ4v) is 3.94. The molecule has 1 unspecified atom stereocenters. The third-order valence-corrected chi connectivity index (χ3v) is 5.30. The number of ether oxygens (including phenoxy) is 1. The lowest BCUT2D eigenvalue weighted by molar-refractivity contribution is -0.384. The molecule has 0 radical (unpaired) electrons. The molecule has 1 aliphatic heterocycles. The van der Waals surface area contributed by atoms with Gasteiger partial charge in [0.25, 0.3) is 5.69 Å². The van der Waals surface area contributed by atoms with Crippen LogP contribution in [0.4, 0.5) is 11.4 Å². The van der Waals surface area contributed by atoms with Crippen LogP contribution in [0, 0.1) is 10.1 Å². The van der Waals surface area contributed by atoms with Gasteiger partial charge in [0, 0.05) is 35.1 Å². The molecule has 2 aromatic carbocycles. The highest BCUT2D eigenvalue weighted by molar-refractivity contribution is 6.05. The molecular formula is C20H14N6O4. The van der Waals surface area contributed by atoms with Gasteiger partial charge < -0.3 is 15.0 Å². The Kier molecular flexibility index (Phi) is 3.75. The van der Waals surface area contributed by atoms with Crippen molar-refractivity contribution in [3.05, 3.63) is 76.0 Å². The first-order valence-corrected chi connectivity index (χ1v) is 8.98. The van der Waals surface area contributed by atoms with Crippen LogP contribution < -0.4 is 5.32 Å². The smallest absolute Gasteiger partial charge is 0.341 e. The van der Waals surface area contributed by atoms with Crippen molar-refractivity contribution < 1.29 is 14.5 Å². The maximum atomic E-state index is 13.3. The molecule has 1 aliphatic rings. The molecule has 30 heavy (non-hydrogen) atoms. The molecule has 10 heteroatoms. The number of rotatable bonds is 3. The number of aromatic amines is 1. The van der Waals surface area contributed by atoms with E-state index in [0.29, 0.717) is 33.5 Å². The highest BCUT2D eigenvalue weighted by Crippen LogP contribution is 2.46. The predicted molar refractivity (Wildman–Crippen MR) is 107 cm³/mol. The van der Waals surface area contributed by atoms with Crippen molar-refractivity contribution in [1.29, 1.82) is 0 Å². The first-order chi connectivity index (χ1) is 14.6. The number of carbonyl (C=O) groups excluding carboxylic acids is 1. The Bertz CT molecular complexity index is 1320. The number of esters is 1. The van der Waals surface area contributed by atoms with Gasteiger partial charge in [-0.1, -0.05) is 18.2 Å². The zero-order chi connectivity index (χ0) is 20.9. The summed E-state index contributed by atoms with van der Waals surface area (Å²) >= 11 is 0. The molecule has 2 aromatic heterocycles. The van der Waals surface area contributed by atoms with Gasteiger partial charge in [-0.2, -0.15) is 0 Å². The highest BCUT2D eigenvalue weighted by atomic mass is 16.6. The van der Waals surface area contributed by atoms with E-state index in [1.54, 1.807) is 6.20 Å². The number of hydrogen-bond donors (Lipinski definition) is 2. The van der Waals surface area contributed by atoms with E-state index in [0.717, 1.165) is 5.56 Å². The molecule has 0 spiro atoms. The van der Waals surface area contributed by atoms with Crippen LogP contribution in [0.3, 0.4) is 0 Å². The second-order valence-corrected chi connectivity index (χ2v) is 6.78. The number of para-hydroxylation sites is 1. The largest absolute Gasteiger partial charge is 0.467 e. The van der Waals surface area contributed by atoms with Gasteiger partial charge in [-0.15, -0.1) is 10.2 Å². The number of fused-ring (bicyclic) bond motifs is 2. The number of H-pyrrole nitrogens is 1. The van der Waals surface area contributed by atoms with Gasteiger partial charge in [0.1, 0.15) is 5.69 Å². The number of benzene rings is 2. The molecule has 0 saturated carbocycles. The molecular weight excluding hydrogens is 388 g/mol. The lowest BCUT2D eigenvalue weighted by Crippen LogP contribution is -2.45. The monoisotopic (exact) mass is 402 g/mol. The minimum absolute atomic E-state index is 0.0834. The quantitative estimate of drug-likeness (QED) is 0.303. The summed E-state index contributed by atoms with van der Waals surface area (Å²) in [6, 6.07) is 13.2. The van der Waals surface area contributed by atoms with Gasteiger partial charge >= 0.3 is 5.97 Å². The molecule has 2 N–H and O–H groups in total. The van der Waals surface area contributed by atoms with Gasteiger partial charge in [0.15, 0.2) is 11.2 Å². The zero-order valence-electron chi connectivity index (χ0n) is 15.6.